The minimum absolute atomic E-state index is 0.362. The number of phenolic OH excluding ortho intramolecular Hbond substituents is 1. The third-order valence-corrected chi connectivity index (χ3v) is 3.89. The molecule has 120 valence electrons. The summed E-state index contributed by atoms with van der Waals surface area (Å²) >= 11 is 1.41. The van der Waals surface area contributed by atoms with Crippen LogP contribution < -0.4 is 5.43 Å². The number of aromatic hydroxyl groups is 1. The summed E-state index contributed by atoms with van der Waals surface area (Å²) in [5, 5.41) is 26.7. The van der Waals surface area contributed by atoms with Crippen molar-refractivity contribution in [3.8, 4) is 17.0 Å². The maximum Gasteiger partial charge on any atom is 0.311 e. The predicted octanol–water partition coefficient (Wildman–Crippen LogP) is 3.87. The van der Waals surface area contributed by atoms with Crippen LogP contribution in [-0.4, -0.2) is 21.2 Å². The molecule has 0 fully saturated rings. The Morgan fingerprint density at radius 3 is 2.79 bits per heavy atom. The van der Waals surface area contributed by atoms with Gasteiger partial charge in [-0.3, -0.25) is 15.5 Å². The lowest BCUT2D eigenvalue weighted by Crippen LogP contribution is -1.93. The van der Waals surface area contributed by atoms with Crippen LogP contribution in [0.3, 0.4) is 0 Å². The Morgan fingerprint density at radius 1 is 1.25 bits per heavy atom. The number of rotatable bonds is 5. The van der Waals surface area contributed by atoms with Gasteiger partial charge >= 0.3 is 5.69 Å². The van der Waals surface area contributed by atoms with Crippen LogP contribution >= 0.6 is 11.3 Å². The topological polar surface area (TPSA) is 101 Å². The van der Waals surface area contributed by atoms with Crippen molar-refractivity contribution in [1.82, 2.24) is 4.98 Å². The first-order chi connectivity index (χ1) is 11.6. The number of nitrogens with zero attached hydrogens (tertiary/aromatic N) is 3. The maximum absolute atomic E-state index is 10.8. The highest BCUT2D eigenvalue weighted by atomic mass is 32.1. The summed E-state index contributed by atoms with van der Waals surface area (Å²) in [5.41, 5.74) is 4.78. The molecule has 1 aromatic heterocycles. The first-order valence-electron chi connectivity index (χ1n) is 6.91. The Balaban J connectivity index is 1.70. The van der Waals surface area contributed by atoms with Gasteiger partial charge in [0.15, 0.2) is 5.75 Å². The van der Waals surface area contributed by atoms with Crippen molar-refractivity contribution in [2.75, 3.05) is 5.43 Å². The molecule has 24 heavy (non-hydrogen) atoms. The second kappa shape index (κ2) is 6.88. The zero-order valence-corrected chi connectivity index (χ0v) is 13.1. The lowest BCUT2D eigenvalue weighted by atomic mass is 10.2. The monoisotopic (exact) mass is 340 g/mol. The first-order valence-corrected chi connectivity index (χ1v) is 7.79. The Morgan fingerprint density at radius 2 is 2.04 bits per heavy atom. The van der Waals surface area contributed by atoms with E-state index in [1.165, 1.54) is 35.8 Å². The molecule has 0 radical (unpaired) electrons. The summed E-state index contributed by atoms with van der Waals surface area (Å²) in [6.45, 7) is 0. The lowest BCUT2D eigenvalue weighted by molar-refractivity contribution is -0.385. The molecule has 3 aromatic rings. The molecule has 0 unspecified atom stereocenters. The summed E-state index contributed by atoms with van der Waals surface area (Å²) in [4.78, 5) is 14.6. The fourth-order valence-electron chi connectivity index (χ4n) is 2.00. The molecule has 0 saturated carbocycles. The van der Waals surface area contributed by atoms with Crippen LogP contribution in [0.5, 0.6) is 5.75 Å². The van der Waals surface area contributed by atoms with E-state index < -0.39 is 4.92 Å². The van der Waals surface area contributed by atoms with Crippen LogP contribution in [0.2, 0.25) is 0 Å². The minimum Gasteiger partial charge on any atom is -0.502 e. The summed E-state index contributed by atoms with van der Waals surface area (Å²) < 4.78 is 0. The highest BCUT2D eigenvalue weighted by Gasteiger charge is 2.12. The van der Waals surface area contributed by atoms with Gasteiger partial charge in [0.2, 0.25) is 5.13 Å². The lowest BCUT2D eigenvalue weighted by Gasteiger charge is -1.98. The van der Waals surface area contributed by atoms with Gasteiger partial charge < -0.3 is 5.11 Å². The number of nitro groups is 1. The van der Waals surface area contributed by atoms with Gasteiger partial charge in [0.05, 0.1) is 16.8 Å². The van der Waals surface area contributed by atoms with Crippen LogP contribution in [0.1, 0.15) is 5.56 Å². The molecule has 0 aliphatic rings. The zero-order valence-electron chi connectivity index (χ0n) is 12.3. The molecule has 0 atom stereocenters. The van der Waals surface area contributed by atoms with E-state index in [2.05, 4.69) is 15.5 Å². The van der Waals surface area contributed by atoms with Gasteiger partial charge in [-0.1, -0.05) is 30.3 Å². The van der Waals surface area contributed by atoms with E-state index in [0.29, 0.717) is 10.7 Å². The van der Waals surface area contributed by atoms with Gasteiger partial charge in [-0.2, -0.15) is 5.10 Å². The quantitative estimate of drug-likeness (QED) is 0.417. The molecule has 0 amide bonds. The largest absolute Gasteiger partial charge is 0.502 e. The molecule has 0 bridgehead atoms. The van der Waals surface area contributed by atoms with Crippen molar-refractivity contribution in [2.24, 2.45) is 5.10 Å². The van der Waals surface area contributed by atoms with Crippen molar-refractivity contribution in [1.29, 1.82) is 0 Å². The molecule has 0 aliphatic carbocycles. The second-order valence-corrected chi connectivity index (χ2v) is 5.64. The summed E-state index contributed by atoms with van der Waals surface area (Å²) in [5.74, 6) is -0.377. The molecule has 1 heterocycles. The highest BCUT2D eigenvalue weighted by molar-refractivity contribution is 7.14. The third-order valence-electron chi connectivity index (χ3n) is 3.14. The van der Waals surface area contributed by atoms with Gasteiger partial charge in [0.1, 0.15) is 0 Å². The molecule has 0 saturated heterocycles. The predicted molar refractivity (Wildman–Crippen MR) is 93.5 cm³/mol. The van der Waals surface area contributed by atoms with Crippen molar-refractivity contribution >= 4 is 28.4 Å². The number of anilines is 1. The second-order valence-electron chi connectivity index (χ2n) is 4.78. The van der Waals surface area contributed by atoms with Crippen molar-refractivity contribution in [3.63, 3.8) is 0 Å². The van der Waals surface area contributed by atoms with Crippen molar-refractivity contribution in [2.45, 2.75) is 0 Å². The molecular formula is C16H12N4O3S. The fourth-order valence-corrected chi connectivity index (χ4v) is 2.66. The van der Waals surface area contributed by atoms with Crippen molar-refractivity contribution in [3.05, 3.63) is 69.6 Å². The van der Waals surface area contributed by atoms with E-state index in [0.717, 1.165) is 11.3 Å². The van der Waals surface area contributed by atoms with E-state index in [1.807, 2.05) is 35.7 Å². The number of hydrogen-bond acceptors (Lipinski definition) is 7. The molecule has 0 aliphatic heterocycles. The number of nitro benzene ring substituents is 1. The van der Waals surface area contributed by atoms with E-state index in [9.17, 15) is 15.2 Å². The molecule has 8 heteroatoms. The van der Waals surface area contributed by atoms with E-state index >= 15 is 0 Å². The van der Waals surface area contributed by atoms with Gasteiger partial charge in [-0.15, -0.1) is 11.3 Å². The minimum atomic E-state index is -0.646. The van der Waals surface area contributed by atoms with E-state index in [4.69, 9.17) is 0 Å². The van der Waals surface area contributed by atoms with Gasteiger partial charge in [-0.05, 0) is 12.1 Å². The Hall–Kier alpha value is -3.26. The number of hydrogen-bond donors (Lipinski definition) is 2. The number of phenols is 1. The SMILES string of the molecule is O=[N+]([O-])c1cc(/C=N/Nc2nc(-c3ccccc3)cs2)ccc1O. The fraction of sp³-hybridized carbons (Fsp3) is 0. The molecular weight excluding hydrogens is 328 g/mol. The average molecular weight is 340 g/mol. The van der Waals surface area contributed by atoms with Gasteiger partial charge in [0, 0.05) is 22.6 Å². The maximum atomic E-state index is 10.8. The van der Waals surface area contributed by atoms with Crippen LogP contribution in [0.15, 0.2) is 59.0 Å². The smallest absolute Gasteiger partial charge is 0.311 e. The Kier molecular flexibility index (Phi) is 4.48. The van der Waals surface area contributed by atoms with E-state index in [1.54, 1.807) is 0 Å². The first kappa shape index (κ1) is 15.6. The molecule has 0 spiro atoms. The Labute approximate surface area is 141 Å². The third kappa shape index (κ3) is 3.55. The van der Waals surface area contributed by atoms with Crippen molar-refractivity contribution < 1.29 is 10.0 Å². The number of aromatic nitrogens is 1. The normalized spacial score (nSPS) is 10.8. The molecule has 2 aromatic carbocycles. The molecule has 3 rings (SSSR count). The molecule has 7 nitrogen and oxygen atoms in total. The van der Waals surface area contributed by atoms with Crippen LogP contribution in [0.25, 0.3) is 11.3 Å². The number of benzene rings is 2. The number of hydrazone groups is 1. The Bertz CT molecular complexity index is 893. The van der Waals surface area contributed by atoms with E-state index in [-0.39, 0.29) is 11.4 Å². The summed E-state index contributed by atoms with van der Waals surface area (Å²) in [6.07, 6.45) is 1.43. The average Bonchev–Trinajstić information content (AvgIpc) is 3.06. The number of thiazole rings is 1. The zero-order chi connectivity index (χ0) is 16.9. The molecule has 2 N–H and O–H groups in total. The van der Waals surface area contributed by atoms with Crippen LogP contribution in [0.4, 0.5) is 10.8 Å². The number of nitrogens with one attached hydrogen (secondary N) is 1. The van der Waals surface area contributed by atoms with Gasteiger partial charge in [-0.25, -0.2) is 4.98 Å². The highest BCUT2D eigenvalue weighted by Crippen LogP contribution is 2.26. The van der Waals surface area contributed by atoms with Gasteiger partial charge in [0.25, 0.3) is 0 Å². The summed E-state index contributed by atoms with van der Waals surface area (Å²) in [6, 6.07) is 13.8. The standard InChI is InChI=1S/C16H12N4O3S/c21-15-7-6-11(8-14(15)20(22)23)9-17-19-16-18-13(10-24-16)12-4-2-1-3-5-12/h1-10,21H,(H,18,19)/b17-9+. The van der Waals surface area contributed by atoms with Crippen LogP contribution in [0, 0.1) is 10.1 Å². The van der Waals surface area contributed by atoms with Crippen LogP contribution in [-0.2, 0) is 0 Å². The summed E-state index contributed by atoms with van der Waals surface area (Å²) in [7, 11) is 0.